The first kappa shape index (κ1) is 12.2. The highest BCUT2D eigenvalue weighted by molar-refractivity contribution is 5.85. The molecule has 74 valence electrons. The molecule has 1 aliphatic heterocycles. The molecule has 0 aliphatic carbocycles. The molecule has 1 rings (SSSR count). The van der Waals surface area contributed by atoms with Crippen molar-refractivity contribution < 1.29 is 0 Å². The van der Waals surface area contributed by atoms with Crippen LogP contribution in [0.25, 0.3) is 0 Å². The van der Waals surface area contributed by atoms with E-state index in [0.717, 1.165) is 6.54 Å². The Kier molecular flexibility index (Phi) is 6.81. The van der Waals surface area contributed by atoms with Gasteiger partial charge in [-0.3, -0.25) is 0 Å². The van der Waals surface area contributed by atoms with Crippen molar-refractivity contribution in [3.63, 3.8) is 0 Å². The molecule has 0 aromatic rings. The van der Waals surface area contributed by atoms with Crippen LogP contribution in [0.5, 0.6) is 0 Å². The molecule has 0 unspecified atom stereocenters. The van der Waals surface area contributed by atoms with Crippen molar-refractivity contribution in [2.24, 2.45) is 5.73 Å². The van der Waals surface area contributed by atoms with Crippen LogP contribution in [0.3, 0.4) is 0 Å². The van der Waals surface area contributed by atoms with E-state index in [4.69, 9.17) is 5.73 Å². The van der Waals surface area contributed by atoms with Gasteiger partial charge in [0.2, 0.25) is 0 Å². The van der Waals surface area contributed by atoms with Gasteiger partial charge in [0, 0.05) is 12.6 Å². The zero-order valence-electron chi connectivity index (χ0n) is 7.96. The minimum atomic E-state index is 0. The van der Waals surface area contributed by atoms with Gasteiger partial charge >= 0.3 is 0 Å². The molecular weight excluding hydrogens is 172 g/mol. The maximum absolute atomic E-state index is 5.73. The summed E-state index contributed by atoms with van der Waals surface area (Å²) in [4.78, 5) is 2.50. The Labute approximate surface area is 81.9 Å². The van der Waals surface area contributed by atoms with Crippen molar-refractivity contribution in [1.82, 2.24) is 4.90 Å². The molecule has 0 aromatic heterocycles. The molecule has 1 fully saturated rings. The second-order valence-corrected chi connectivity index (χ2v) is 3.69. The lowest BCUT2D eigenvalue weighted by atomic mass is 10.2. The molecule has 1 heterocycles. The number of rotatable bonds is 2. The van der Waals surface area contributed by atoms with Gasteiger partial charge in [-0.2, -0.15) is 0 Å². The van der Waals surface area contributed by atoms with Crippen molar-refractivity contribution in [1.29, 1.82) is 0 Å². The average molecular weight is 193 g/mol. The Morgan fingerprint density at radius 3 is 2.08 bits per heavy atom. The third-order valence-corrected chi connectivity index (χ3v) is 2.24. The smallest absolute Gasteiger partial charge is 0.0139 e. The van der Waals surface area contributed by atoms with Gasteiger partial charge in [-0.1, -0.05) is 12.8 Å². The van der Waals surface area contributed by atoms with E-state index in [0.29, 0.717) is 6.04 Å². The number of hydrogen-bond acceptors (Lipinski definition) is 2. The molecule has 12 heavy (non-hydrogen) atoms. The highest BCUT2D eigenvalue weighted by atomic mass is 35.5. The van der Waals surface area contributed by atoms with Crippen molar-refractivity contribution in [2.45, 2.75) is 38.6 Å². The predicted octanol–water partition coefficient (Wildman–Crippen LogP) is 1.63. The van der Waals surface area contributed by atoms with E-state index in [1.807, 2.05) is 0 Å². The van der Waals surface area contributed by atoms with E-state index in [1.165, 1.54) is 38.8 Å². The molecule has 0 bridgehead atoms. The predicted molar refractivity (Wildman–Crippen MR) is 55.8 cm³/mol. The van der Waals surface area contributed by atoms with Crippen LogP contribution < -0.4 is 5.73 Å². The van der Waals surface area contributed by atoms with Crippen LogP contribution in [0, 0.1) is 0 Å². The van der Waals surface area contributed by atoms with Crippen LogP contribution in [0.4, 0.5) is 0 Å². The quantitative estimate of drug-likeness (QED) is 0.721. The summed E-state index contributed by atoms with van der Waals surface area (Å²) < 4.78 is 0. The number of halogens is 1. The summed E-state index contributed by atoms with van der Waals surface area (Å²) >= 11 is 0. The molecule has 0 aromatic carbocycles. The van der Waals surface area contributed by atoms with Gasteiger partial charge in [-0.15, -0.1) is 12.4 Å². The van der Waals surface area contributed by atoms with Gasteiger partial charge in [0.25, 0.3) is 0 Å². The van der Waals surface area contributed by atoms with Crippen molar-refractivity contribution in [3.8, 4) is 0 Å². The van der Waals surface area contributed by atoms with Crippen LogP contribution in [0.15, 0.2) is 0 Å². The average Bonchev–Trinajstić information content (AvgIpc) is 2.14. The van der Waals surface area contributed by atoms with E-state index < -0.39 is 0 Å². The summed E-state index contributed by atoms with van der Waals surface area (Å²) in [6.07, 6.45) is 5.56. The normalized spacial score (nSPS) is 22.5. The SMILES string of the molecule is C[C@@H](N)CN1CCCCCC1.Cl. The van der Waals surface area contributed by atoms with Gasteiger partial charge in [-0.05, 0) is 32.9 Å². The van der Waals surface area contributed by atoms with Crippen LogP contribution in [0.1, 0.15) is 32.6 Å². The highest BCUT2D eigenvalue weighted by Gasteiger charge is 2.09. The summed E-state index contributed by atoms with van der Waals surface area (Å²) in [5.41, 5.74) is 5.73. The first-order valence-corrected chi connectivity index (χ1v) is 4.77. The number of nitrogens with two attached hydrogens (primary N) is 1. The fraction of sp³-hybridized carbons (Fsp3) is 1.00. The summed E-state index contributed by atoms with van der Waals surface area (Å²) in [5, 5.41) is 0. The van der Waals surface area contributed by atoms with E-state index in [-0.39, 0.29) is 12.4 Å². The molecular formula is C9H21ClN2. The van der Waals surface area contributed by atoms with E-state index in [1.54, 1.807) is 0 Å². The summed E-state index contributed by atoms with van der Waals surface area (Å²) in [6.45, 7) is 5.70. The first-order valence-electron chi connectivity index (χ1n) is 4.77. The summed E-state index contributed by atoms with van der Waals surface area (Å²) in [5.74, 6) is 0. The minimum Gasteiger partial charge on any atom is -0.327 e. The number of nitrogens with zero attached hydrogens (tertiary/aromatic N) is 1. The van der Waals surface area contributed by atoms with Gasteiger partial charge in [0.05, 0.1) is 0 Å². The van der Waals surface area contributed by atoms with E-state index in [2.05, 4.69) is 11.8 Å². The molecule has 2 N–H and O–H groups in total. The monoisotopic (exact) mass is 192 g/mol. The Hall–Kier alpha value is 0.210. The zero-order chi connectivity index (χ0) is 8.10. The number of likely N-dealkylation sites (tertiary alicyclic amines) is 1. The minimum absolute atomic E-state index is 0. The topological polar surface area (TPSA) is 29.3 Å². The van der Waals surface area contributed by atoms with Crippen LogP contribution in [-0.4, -0.2) is 30.6 Å². The first-order chi connectivity index (χ1) is 5.29. The standard InChI is InChI=1S/C9H20N2.ClH/c1-9(10)8-11-6-4-2-3-5-7-11;/h9H,2-8,10H2,1H3;1H/t9-;/m1./s1. The second-order valence-electron chi connectivity index (χ2n) is 3.69. The molecule has 0 radical (unpaired) electrons. The second kappa shape index (κ2) is 6.70. The molecule has 0 saturated carbocycles. The fourth-order valence-corrected chi connectivity index (χ4v) is 1.73. The van der Waals surface area contributed by atoms with Gasteiger partial charge in [0.15, 0.2) is 0 Å². The molecule has 2 nitrogen and oxygen atoms in total. The largest absolute Gasteiger partial charge is 0.327 e. The molecule has 1 saturated heterocycles. The van der Waals surface area contributed by atoms with E-state index in [9.17, 15) is 0 Å². The lowest BCUT2D eigenvalue weighted by molar-refractivity contribution is 0.272. The molecule has 0 spiro atoms. The Morgan fingerprint density at radius 1 is 1.17 bits per heavy atom. The van der Waals surface area contributed by atoms with Gasteiger partial charge < -0.3 is 10.6 Å². The third-order valence-electron chi connectivity index (χ3n) is 2.24. The summed E-state index contributed by atoms with van der Waals surface area (Å²) in [6, 6.07) is 0.341. The van der Waals surface area contributed by atoms with Gasteiger partial charge in [0.1, 0.15) is 0 Å². The van der Waals surface area contributed by atoms with Crippen LogP contribution >= 0.6 is 12.4 Å². The van der Waals surface area contributed by atoms with Gasteiger partial charge in [-0.25, -0.2) is 0 Å². The highest BCUT2D eigenvalue weighted by Crippen LogP contribution is 2.09. The zero-order valence-corrected chi connectivity index (χ0v) is 8.78. The lowest BCUT2D eigenvalue weighted by Crippen LogP contribution is -2.36. The van der Waals surface area contributed by atoms with E-state index >= 15 is 0 Å². The molecule has 1 aliphatic rings. The van der Waals surface area contributed by atoms with Crippen molar-refractivity contribution >= 4 is 12.4 Å². The molecule has 1 atom stereocenters. The maximum Gasteiger partial charge on any atom is 0.0139 e. The molecule has 0 amide bonds. The van der Waals surface area contributed by atoms with Crippen molar-refractivity contribution in [2.75, 3.05) is 19.6 Å². The number of hydrogen-bond donors (Lipinski definition) is 1. The van der Waals surface area contributed by atoms with Crippen molar-refractivity contribution in [3.05, 3.63) is 0 Å². The van der Waals surface area contributed by atoms with Crippen LogP contribution in [0.2, 0.25) is 0 Å². The molecule has 3 heteroatoms. The van der Waals surface area contributed by atoms with Crippen LogP contribution in [-0.2, 0) is 0 Å². The Balaban J connectivity index is 0.00000121. The third kappa shape index (κ3) is 4.96. The summed E-state index contributed by atoms with van der Waals surface area (Å²) in [7, 11) is 0. The fourth-order valence-electron chi connectivity index (χ4n) is 1.73. The Bertz CT molecular complexity index is 98.7. The lowest BCUT2D eigenvalue weighted by Gasteiger charge is -2.21. The maximum atomic E-state index is 5.73. The Morgan fingerprint density at radius 2 is 1.67 bits per heavy atom.